The highest BCUT2D eigenvalue weighted by molar-refractivity contribution is 5.91. The minimum atomic E-state index is -1.08. The molecule has 3 fully saturated rings. The van der Waals surface area contributed by atoms with Gasteiger partial charge in [0, 0.05) is 25.6 Å². The lowest BCUT2D eigenvalue weighted by molar-refractivity contribution is -0.186. The van der Waals surface area contributed by atoms with E-state index in [0.29, 0.717) is 19.0 Å². The average molecular weight is 391 g/mol. The van der Waals surface area contributed by atoms with E-state index in [2.05, 4.69) is 15.5 Å². The van der Waals surface area contributed by atoms with E-state index in [1.165, 1.54) is 6.26 Å². The van der Waals surface area contributed by atoms with Crippen molar-refractivity contribution in [2.24, 2.45) is 0 Å². The Morgan fingerprint density at radius 3 is 2.64 bits per heavy atom. The third kappa shape index (κ3) is 4.39. The number of nitrogens with one attached hydrogen (secondary N) is 2. The van der Waals surface area contributed by atoms with Gasteiger partial charge in [-0.1, -0.05) is 0 Å². The highest BCUT2D eigenvalue weighted by Crippen LogP contribution is 2.39. The molecule has 2 saturated heterocycles. The van der Waals surface area contributed by atoms with E-state index < -0.39 is 17.2 Å². The van der Waals surface area contributed by atoms with Gasteiger partial charge in [0.1, 0.15) is 0 Å². The zero-order chi connectivity index (χ0) is 19.8. The zero-order valence-electron chi connectivity index (χ0n) is 16.3. The second-order valence-electron chi connectivity index (χ2n) is 8.65. The summed E-state index contributed by atoms with van der Waals surface area (Å²) in [6.07, 6.45) is 5.60. The summed E-state index contributed by atoms with van der Waals surface area (Å²) in [7, 11) is 0. The molecule has 8 nitrogen and oxygen atoms in total. The Bertz CT molecular complexity index is 705. The molecule has 1 spiro atoms. The predicted octanol–water partition coefficient (Wildman–Crippen LogP) is 0.663. The molecule has 1 aliphatic carbocycles. The van der Waals surface area contributed by atoms with Crippen LogP contribution in [0, 0.1) is 0 Å². The standard InChI is InChI=1S/C20H29N3O5/c1-19(26)13-20(28-12-16(19)22-18(25)15-3-2-10-27-15)6-8-23(9-7-20)11-17(24)21-14-4-5-14/h2-3,10,14,16,26H,4-9,11-13H2,1H3,(H,21,24)(H,22,25)/t16-,19-/m0/s1. The Balaban J connectivity index is 1.29. The van der Waals surface area contributed by atoms with Gasteiger partial charge in [-0.15, -0.1) is 0 Å². The molecule has 3 heterocycles. The van der Waals surface area contributed by atoms with Crippen molar-refractivity contribution in [2.45, 2.75) is 62.3 Å². The van der Waals surface area contributed by atoms with Gasteiger partial charge >= 0.3 is 0 Å². The minimum Gasteiger partial charge on any atom is -0.459 e. The van der Waals surface area contributed by atoms with Crippen LogP contribution in [0.3, 0.4) is 0 Å². The highest BCUT2D eigenvalue weighted by Gasteiger charge is 2.49. The van der Waals surface area contributed by atoms with Crippen molar-refractivity contribution < 1.29 is 23.8 Å². The lowest BCUT2D eigenvalue weighted by atomic mass is 9.75. The minimum absolute atomic E-state index is 0.0933. The third-order valence-corrected chi connectivity index (χ3v) is 6.11. The van der Waals surface area contributed by atoms with Crippen molar-refractivity contribution >= 4 is 11.8 Å². The molecule has 2 aliphatic heterocycles. The largest absolute Gasteiger partial charge is 0.459 e. The van der Waals surface area contributed by atoms with Crippen molar-refractivity contribution in [3.8, 4) is 0 Å². The summed E-state index contributed by atoms with van der Waals surface area (Å²) >= 11 is 0. The third-order valence-electron chi connectivity index (χ3n) is 6.11. The van der Waals surface area contributed by atoms with Crippen LogP contribution in [0.15, 0.2) is 22.8 Å². The molecule has 0 radical (unpaired) electrons. The molecule has 1 saturated carbocycles. The summed E-state index contributed by atoms with van der Waals surface area (Å²) in [5, 5.41) is 16.9. The van der Waals surface area contributed by atoms with Gasteiger partial charge in [0.05, 0.1) is 36.7 Å². The van der Waals surface area contributed by atoms with Crippen molar-refractivity contribution in [3.63, 3.8) is 0 Å². The fraction of sp³-hybridized carbons (Fsp3) is 0.700. The van der Waals surface area contributed by atoms with Crippen molar-refractivity contribution in [1.82, 2.24) is 15.5 Å². The Morgan fingerprint density at radius 1 is 1.29 bits per heavy atom. The first-order chi connectivity index (χ1) is 13.4. The van der Waals surface area contributed by atoms with E-state index in [4.69, 9.17) is 9.15 Å². The number of hydrogen-bond donors (Lipinski definition) is 3. The van der Waals surface area contributed by atoms with Gasteiger partial charge in [-0.25, -0.2) is 0 Å². The van der Waals surface area contributed by atoms with E-state index in [-0.39, 0.29) is 24.2 Å². The highest BCUT2D eigenvalue weighted by atomic mass is 16.5. The second kappa shape index (κ2) is 7.50. The molecule has 28 heavy (non-hydrogen) atoms. The lowest BCUT2D eigenvalue weighted by Crippen LogP contribution is -2.64. The zero-order valence-corrected chi connectivity index (χ0v) is 16.3. The van der Waals surface area contributed by atoms with Gasteiger partial charge < -0.3 is 24.9 Å². The van der Waals surface area contributed by atoms with Gasteiger partial charge in [0.25, 0.3) is 5.91 Å². The number of likely N-dealkylation sites (tertiary alicyclic amines) is 1. The average Bonchev–Trinajstić information content (AvgIpc) is 3.27. The number of rotatable bonds is 5. The van der Waals surface area contributed by atoms with Gasteiger partial charge in [0.2, 0.25) is 5.91 Å². The van der Waals surface area contributed by atoms with E-state index in [0.717, 1.165) is 38.8 Å². The first kappa shape index (κ1) is 19.4. The molecule has 0 unspecified atom stereocenters. The molecule has 2 amide bonds. The fourth-order valence-corrected chi connectivity index (χ4v) is 4.24. The number of furan rings is 1. The first-order valence-electron chi connectivity index (χ1n) is 10.1. The molecule has 1 aromatic rings. The molecule has 3 N–H and O–H groups in total. The maximum atomic E-state index is 12.2. The van der Waals surface area contributed by atoms with Crippen LogP contribution in [0.25, 0.3) is 0 Å². The maximum Gasteiger partial charge on any atom is 0.287 e. The summed E-state index contributed by atoms with van der Waals surface area (Å²) < 4.78 is 11.3. The summed E-state index contributed by atoms with van der Waals surface area (Å²) in [5.74, 6) is -0.0455. The topological polar surface area (TPSA) is 104 Å². The number of piperidine rings is 1. The molecule has 0 aromatic carbocycles. The number of carbonyl (C=O) groups is 2. The molecular weight excluding hydrogens is 362 g/mol. The molecular formula is C20H29N3O5. The van der Waals surface area contributed by atoms with Crippen LogP contribution in [0.4, 0.5) is 0 Å². The van der Waals surface area contributed by atoms with Crippen LogP contribution in [0.2, 0.25) is 0 Å². The van der Waals surface area contributed by atoms with Crippen molar-refractivity contribution in [2.75, 3.05) is 26.2 Å². The van der Waals surface area contributed by atoms with Crippen molar-refractivity contribution in [3.05, 3.63) is 24.2 Å². The second-order valence-corrected chi connectivity index (χ2v) is 8.65. The monoisotopic (exact) mass is 391 g/mol. The van der Waals surface area contributed by atoms with E-state index in [9.17, 15) is 14.7 Å². The van der Waals surface area contributed by atoms with Crippen LogP contribution < -0.4 is 10.6 Å². The van der Waals surface area contributed by atoms with Crippen LogP contribution in [-0.2, 0) is 9.53 Å². The normalized spacial score (nSPS) is 30.1. The summed E-state index contributed by atoms with van der Waals surface area (Å²) in [4.78, 5) is 26.4. The smallest absolute Gasteiger partial charge is 0.287 e. The van der Waals surface area contributed by atoms with Crippen LogP contribution in [-0.4, -0.2) is 71.3 Å². The number of hydrogen-bond acceptors (Lipinski definition) is 6. The van der Waals surface area contributed by atoms with E-state index >= 15 is 0 Å². The van der Waals surface area contributed by atoms with E-state index in [1.807, 2.05) is 0 Å². The molecule has 154 valence electrons. The molecule has 2 atom stereocenters. The number of nitrogens with zero attached hydrogens (tertiary/aromatic N) is 1. The fourth-order valence-electron chi connectivity index (χ4n) is 4.24. The Morgan fingerprint density at radius 2 is 2.04 bits per heavy atom. The molecule has 0 bridgehead atoms. The quantitative estimate of drug-likeness (QED) is 0.681. The SMILES string of the molecule is C[C@]1(O)CC2(CCN(CC(=O)NC3CC3)CC2)OC[C@@H]1NC(=O)c1ccco1. The number of aliphatic hydroxyl groups is 1. The van der Waals surface area contributed by atoms with Crippen LogP contribution in [0.1, 0.15) is 49.6 Å². The Kier molecular flexibility index (Phi) is 5.20. The summed E-state index contributed by atoms with van der Waals surface area (Å²) in [6, 6.07) is 3.12. The van der Waals surface area contributed by atoms with Gasteiger partial charge in [-0.05, 0) is 44.7 Å². The Hall–Kier alpha value is -1.90. The maximum absolute atomic E-state index is 12.2. The van der Waals surface area contributed by atoms with E-state index in [1.54, 1.807) is 19.1 Å². The molecule has 8 heteroatoms. The van der Waals surface area contributed by atoms with Gasteiger partial charge in [-0.3, -0.25) is 14.5 Å². The summed E-state index contributed by atoms with van der Waals surface area (Å²) in [5.41, 5.74) is -1.48. The number of amides is 2. The predicted molar refractivity (Wildman–Crippen MR) is 101 cm³/mol. The Labute approximate surface area is 164 Å². The van der Waals surface area contributed by atoms with Crippen LogP contribution in [0.5, 0.6) is 0 Å². The van der Waals surface area contributed by atoms with Gasteiger partial charge in [-0.2, -0.15) is 0 Å². The van der Waals surface area contributed by atoms with Crippen molar-refractivity contribution in [1.29, 1.82) is 0 Å². The molecule has 3 aliphatic rings. The van der Waals surface area contributed by atoms with Gasteiger partial charge in [0.15, 0.2) is 5.76 Å². The number of ether oxygens (including phenoxy) is 1. The summed E-state index contributed by atoms with van der Waals surface area (Å²) in [6.45, 7) is 3.95. The van der Waals surface area contributed by atoms with Crippen LogP contribution >= 0.6 is 0 Å². The molecule has 1 aromatic heterocycles. The molecule has 4 rings (SSSR count). The number of carbonyl (C=O) groups excluding carboxylic acids is 2. The first-order valence-corrected chi connectivity index (χ1v) is 10.1. The lowest BCUT2D eigenvalue weighted by Gasteiger charge is -2.51.